The van der Waals surface area contributed by atoms with E-state index in [-0.39, 0.29) is 6.17 Å². The molecule has 1 heterocycles. The zero-order valence-electron chi connectivity index (χ0n) is 8.73. The lowest BCUT2D eigenvalue weighted by molar-refractivity contribution is 0.176. The van der Waals surface area contributed by atoms with Gasteiger partial charge >= 0.3 is 0 Å². The van der Waals surface area contributed by atoms with Crippen LogP contribution in [0.2, 0.25) is 0 Å². The number of likely N-dealkylation sites (N-methyl/N-ethyl adjacent to an activating group) is 1. The first kappa shape index (κ1) is 10.1. The van der Waals surface area contributed by atoms with Gasteiger partial charge in [-0.3, -0.25) is 0 Å². The van der Waals surface area contributed by atoms with Crippen molar-refractivity contribution in [3.05, 3.63) is 35.9 Å². The van der Waals surface area contributed by atoms with Gasteiger partial charge in [0, 0.05) is 0 Å². The molecule has 0 saturated heterocycles. The molecule has 15 heavy (non-hydrogen) atoms. The number of hydrogen-bond donors (Lipinski definition) is 2. The second kappa shape index (κ2) is 4.91. The van der Waals surface area contributed by atoms with Gasteiger partial charge in [-0.1, -0.05) is 37.3 Å². The summed E-state index contributed by atoms with van der Waals surface area (Å²) in [6.45, 7) is 3.64. The Morgan fingerprint density at radius 1 is 1.40 bits per heavy atom. The van der Waals surface area contributed by atoms with Crippen molar-refractivity contribution in [1.82, 2.24) is 10.8 Å². The predicted octanol–water partition coefficient (Wildman–Crippen LogP) is 1.23. The van der Waals surface area contributed by atoms with Crippen LogP contribution in [0.1, 0.15) is 18.7 Å². The summed E-state index contributed by atoms with van der Waals surface area (Å²) in [5.74, 6) is 0.714. The van der Waals surface area contributed by atoms with Crippen molar-refractivity contribution >= 4 is 5.90 Å². The van der Waals surface area contributed by atoms with Crippen LogP contribution in [0.5, 0.6) is 0 Å². The third-order valence-electron chi connectivity index (χ3n) is 2.20. The Morgan fingerprint density at radius 3 is 2.93 bits per heavy atom. The van der Waals surface area contributed by atoms with E-state index in [4.69, 9.17) is 4.84 Å². The minimum absolute atomic E-state index is 0.0696. The summed E-state index contributed by atoms with van der Waals surface area (Å²) in [5.41, 5.74) is 4.00. The van der Waals surface area contributed by atoms with Crippen LogP contribution in [0.15, 0.2) is 35.3 Å². The minimum Gasteiger partial charge on any atom is -0.390 e. The summed E-state index contributed by atoms with van der Waals surface area (Å²) in [7, 11) is 0. The second-order valence-electron chi connectivity index (χ2n) is 3.34. The summed E-state index contributed by atoms with van der Waals surface area (Å²) >= 11 is 0. The molecule has 0 bridgehead atoms. The summed E-state index contributed by atoms with van der Waals surface area (Å²) in [4.78, 5) is 9.68. The smallest absolute Gasteiger partial charge is 0.225 e. The SMILES string of the molecule is CCNCC1=NC(c2ccccc2)NO1. The Kier molecular flexibility index (Phi) is 3.32. The van der Waals surface area contributed by atoms with Crippen molar-refractivity contribution in [3.8, 4) is 0 Å². The Hall–Kier alpha value is -1.39. The zero-order valence-corrected chi connectivity index (χ0v) is 8.73. The van der Waals surface area contributed by atoms with Gasteiger partial charge in [0.15, 0.2) is 6.17 Å². The minimum atomic E-state index is -0.0696. The van der Waals surface area contributed by atoms with Crippen molar-refractivity contribution in [2.24, 2.45) is 4.99 Å². The molecular formula is C11H15N3O. The van der Waals surface area contributed by atoms with Crippen molar-refractivity contribution in [3.63, 3.8) is 0 Å². The van der Waals surface area contributed by atoms with Crippen LogP contribution in [-0.4, -0.2) is 19.0 Å². The molecule has 1 aliphatic rings. The largest absolute Gasteiger partial charge is 0.390 e. The predicted molar refractivity (Wildman–Crippen MR) is 59.4 cm³/mol. The molecule has 1 atom stereocenters. The molecule has 1 aromatic carbocycles. The number of nitrogens with one attached hydrogen (secondary N) is 2. The molecule has 0 saturated carbocycles. The molecule has 2 rings (SSSR count). The van der Waals surface area contributed by atoms with Gasteiger partial charge in [-0.25, -0.2) is 4.99 Å². The number of rotatable bonds is 4. The maximum Gasteiger partial charge on any atom is 0.225 e. The molecular weight excluding hydrogens is 190 g/mol. The highest BCUT2D eigenvalue weighted by molar-refractivity contribution is 5.79. The van der Waals surface area contributed by atoms with E-state index in [1.54, 1.807) is 0 Å². The van der Waals surface area contributed by atoms with Gasteiger partial charge in [0.25, 0.3) is 0 Å². The molecule has 1 aromatic rings. The van der Waals surface area contributed by atoms with Gasteiger partial charge < -0.3 is 10.2 Å². The Morgan fingerprint density at radius 2 is 2.20 bits per heavy atom. The lowest BCUT2D eigenvalue weighted by Crippen LogP contribution is -2.24. The third-order valence-corrected chi connectivity index (χ3v) is 2.20. The van der Waals surface area contributed by atoms with Crippen LogP contribution in [0.4, 0.5) is 0 Å². The van der Waals surface area contributed by atoms with Crippen molar-refractivity contribution in [1.29, 1.82) is 0 Å². The molecule has 4 nitrogen and oxygen atoms in total. The summed E-state index contributed by atoms with van der Waals surface area (Å²) in [6, 6.07) is 10.0. The number of hydrogen-bond acceptors (Lipinski definition) is 4. The topological polar surface area (TPSA) is 45.7 Å². The fourth-order valence-electron chi connectivity index (χ4n) is 1.41. The van der Waals surface area contributed by atoms with Gasteiger partial charge in [-0.2, -0.15) is 0 Å². The van der Waals surface area contributed by atoms with Gasteiger partial charge in [-0.15, -0.1) is 5.48 Å². The standard InChI is InChI=1S/C11H15N3O/c1-2-12-8-10-13-11(14-15-10)9-6-4-3-5-7-9/h3-7,11-12,14H,2,8H2,1H3. The lowest BCUT2D eigenvalue weighted by atomic mass is 10.2. The van der Waals surface area contributed by atoms with E-state index >= 15 is 0 Å². The maximum atomic E-state index is 5.26. The fraction of sp³-hybridized carbons (Fsp3) is 0.364. The second-order valence-corrected chi connectivity index (χ2v) is 3.34. The third kappa shape index (κ3) is 2.55. The summed E-state index contributed by atoms with van der Waals surface area (Å²) in [5, 5.41) is 3.17. The van der Waals surface area contributed by atoms with Crippen LogP contribution < -0.4 is 10.8 Å². The van der Waals surface area contributed by atoms with Crippen molar-refractivity contribution in [2.75, 3.05) is 13.1 Å². The van der Waals surface area contributed by atoms with Crippen LogP contribution in [0, 0.1) is 0 Å². The molecule has 1 aliphatic heterocycles. The van der Waals surface area contributed by atoms with E-state index in [0.717, 1.165) is 12.1 Å². The highest BCUT2D eigenvalue weighted by atomic mass is 16.7. The van der Waals surface area contributed by atoms with E-state index in [1.807, 2.05) is 30.3 Å². The van der Waals surface area contributed by atoms with E-state index in [9.17, 15) is 0 Å². The average Bonchev–Trinajstić information content (AvgIpc) is 2.76. The van der Waals surface area contributed by atoms with Crippen LogP contribution in [0.25, 0.3) is 0 Å². The van der Waals surface area contributed by atoms with Crippen molar-refractivity contribution in [2.45, 2.75) is 13.1 Å². The summed E-state index contributed by atoms with van der Waals surface area (Å²) in [6.07, 6.45) is -0.0696. The Bertz CT molecular complexity index is 337. The Balaban J connectivity index is 1.99. The van der Waals surface area contributed by atoms with Gasteiger partial charge in [0.1, 0.15) is 0 Å². The number of aliphatic imine (C=N–C) groups is 1. The molecule has 0 aliphatic carbocycles. The van der Waals surface area contributed by atoms with E-state index in [0.29, 0.717) is 12.4 Å². The number of nitrogens with zero attached hydrogens (tertiary/aromatic N) is 1. The quantitative estimate of drug-likeness (QED) is 0.777. The highest BCUT2D eigenvalue weighted by Crippen LogP contribution is 2.17. The molecule has 0 amide bonds. The Labute approximate surface area is 89.3 Å². The molecule has 0 fully saturated rings. The molecule has 1 unspecified atom stereocenters. The van der Waals surface area contributed by atoms with Gasteiger partial charge in [0.2, 0.25) is 5.90 Å². The van der Waals surface area contributed by atoms with Crippen LogP contribution in [0.3, 0.4) is 0 Å². The van der Waals surface area contributed by atoms with Crippen LogP contribution in [-0.2, 0) is 4.84 Å². The van der Waals surface area contributed by atoms with E-state index in [1.165, 1.54) is 0 Å². The molecule has 0 radical (unpaired) electrons. The first-order valence-corrected chi connectivity index (χ1v) is 5.15. The number of benzene rings is 1. The zero-order chi connectivity index (χ0) is 10.5. The van der Waals surface area contributed by atoms with E-state index < -0.39 is 0 Å². The molecule has 0 aromatic heterocycles. The monoisotopic (exact) mass is 205 g/mol. The fourth-order valence-corrected chi connectivity index (χ4v) is 1.41. The number of hydroxylamine groups is 1. The molecule has 2 N–H and O–H groups in total. The molecule has 4 heteroatoms. The van der Waals surface area contributed by atoms with Crippen molar-refractivity contribution < 1.29 is 4.84 Å². The van der Waals surface area contributed by atoms with Crippen LogP contribution >= 0.6 is 0 Å². The highest BCUT2D eigenvalue weighted by Gasteiger charge is 2.18. The summed E-state index contributed by atoms with van der Waals surface area (Å²) < 4.78 is 0. The lowest BCUT2D eigenvalue weighted by Gasteiger charge is -2.04. The maximum absolute atomic E-state index is 5.26. The van der Waals surface area contributed by atoms with Gasteiger partial charge in [0.05, 0.1) is 6.54 Å². The first-order valence-electron chi connectivity index (χ1n) is 5.15. The molecule has 0 spiro atoms. The average molecular weight is 205 g/mol. The molecule has 80 valence electrons. The normalized spacial score (nSPS) is 19.8. The van der Waals surface area contributed by atoms with Gasteiger partial charge in [-0.05, 0) is 12.1 Å². The van der Waals surface area contributed by atoms with E-state index in [2.05, 4.69) is 22.7 Å². The first-order chi connectivity index (χ1) is 7.40.